The van der Waals surface area contributed by atoms with Crippen LogP contribution in [-0.4, -0.2) is 11.2 Å². The molecule has 224 valence electrons. The summed E-state index contributed by atoms with van der Waals surface area (Å²) in [6.45, 7) is 0. The highest BCUT2D eigenvalue weighted by Crippen LogP contribution is 2.44. The number of alkyl halides is 9. The van der Waals surface area contributed by atoms with Gasteiger partial charge in [-0.2, -0.15) is 39.5 Å². The molecule has 44 heavy (non-hydrogen) atoms. The lowest BCUT2D eigenvalue weighted by atomic mass is 9.90. The van der Waals surface area contributed by atoms with Crippen LogP contribution in [0.3, 0.4) is 0 Å². The number of hydrogen-bond acceptors (Lipinski definition) is 2. The number of rotatable bonds is 5. The summed E-state index contributed by atoms with van der Waals surface area (Å²) < 4.78 is 120. The van der Waals surface area contributed by atoms with Crippen molar-refractivity contribution in [3.8, 4) is 33.4 Å². The minimum absolute atomic E-state index is 0.200. The molecule has 0 saturated carbocycles. The maximum absolute atomic E-state index is 13.3. The third kappa shape index (κ3) is 6.82. The third-order valence-electron chi connectivity index (χ3n) is 6.72. The molecule has 0 fully saturated rings. The highest BCUT2D eigenvalue weighted by molar-refractivity contribution is 5.95. The first-order chi connectivity index (χ1) is 20.7. The third-order valence-corrected chi connectivity index (χ3v) is 6.72. The standard InChI is InChI=1S/C33H19F9N2/c34-31(35,36)24-10-4-20(5-11-24)23-17-28(21-6-12-25(13-7-21)32(37,38)39)30(44-19-27-3-1-2-16-43-27)29(18-23)22-8-14-26(15-9-22)33(40,41)42/h1-19H/b44-19+. The Morgan fingerprint density at radius 3 is 1.25 bits per heavy atom. The molecule has 0 aliphatic heterocycles. The molecule has 0 aliphatic rings. The Balaban J connectivity index is 1.77. The van der Waals surface area contributed by atoms with E-state index in [1.54, 1.807) is 30.3 Å². The molecular formula is C33H19F9N2. The maximum Gasteiger partial charge on any atom is 0.416 e. The molecule has 0 radical (unpaired) electrons. The largest absolute Gasteiger partial charge is 0.416 e. The van der Waals surface area contributed by atoms with E-state index in [0.29, 0.717) is 27.9 Å². The number of halogens is 9. The van der Waals surface area contributed by atoms with Crippen LogP contribution in [0.25, 0.3) is 33.4 Å². The Kier molecular flexibility index (Phi) is 8.07. The fraction of sp³-hybridized carbons (Fsp3) is 0.0909. The van der Waals surface area contributed by atoms with E-state index >= 15 is 0 Å². The molecule has 0 saturated heterocycles. The Morgan fingerprint density at radius 2 is 0.886 bits per heavy atom. The van der Waals surface area contributed by atoms with Gasteiger partial charge in [-0.25, -0.2) is 0 Å². The molecule has 0 unspecified atom stereocenters. The average Bonchev–Trinajstić information content (AvgIpc) is 2.99. The van der Waals surface area contributed by atoms with Crippen molar-refractivity contribution in [2.75, 3.05) is 0 Å². The van der Waals surface area contributed by atoms with Crippen LogP contribution < -0.4 is 0 Å². The molecule has 4 aromatic carbocycles. The Hall–Kier alpha value is -4.93. The lowest BCUT2D eigenvalue weighted by molar-refractivity contribution is -0.138. The first kappa shape index (κ1) is 30.5. The van der Waals surface area contributed by atoms with Gasteiger partial charge in [0.05, 0.1) is 34.3 Å². The van der Waals surface area contributed by atoms with Crippen LogP contribution in [0.2, 0.25) is 0 Å². The Labute approximate surface area is 245 Å². The van der Waals surface area contributed by atoms with Crippen molar-refractivity contribution in [3.05, 3.63) is 132 Å². The van der Waals surface area contributed by atoms with Gasteiger partial charge in [0.2, 0.25) is 0 Å². The van der Waals surface area contributed by atoms with Gasteiger partial charge in [-0.1, -0.05) is 42.5 Å². The molecule has 0 spiro atoms. The minimum atomic E-state index is -4.61. The van der Waals surface area contributed by atoms with E-state index in [0.717, 1.165) is 36.4 Å². The van der Waals surface area contributed by atoms with Gasteiger partial charge in [-0.15, -0.1) is 0 Å². The summed E-state index contributed by atoms with van der Waals surface area (Å²) in [6.07, 6.45) is -10.9. The Bertz CT molecular complexity index is 1690. The second kappa shape index (κ2) is 11.6. The highest BCUT2D eigenvalue weighted by atomic mass is 19.4. The van der Waals surface area contributed by atoms with Gasteiger partial charge in [0.25, 0.3) is 0 Å². The first-order valence-corrected chi connectivity index (χ1v) is 12.9. The lowest BCUT2D eigenvalue weighted by Crippen LogP contribution is -2.04. The summed E-state index contributed by atoms with van der Waals surface area (Å²) >= 11 is 0. The second-order valence-corrected chi connectivity index (χ2v) is 9.66. The van der Waals surface area contributed by atoms with E-state index in [1.165, 1.54) is 48.8 Å². The van der Waals surface area contributed by atoms with E-state index in [4.69, 9.17) is 0 Å². The van der Waals surface area contributed by atoms with Crippen LogP contribution in [0, 0.1) is 0 Å². The van der Waals surface area contributed by atoms with E-state index < -0.39 is 35.2 Å². The summed E-state index contributed by atoms with van der Waals surface area (Å²) in [4.78, 5) is 8.75. The van der Waals surface area contributed by atoms with Crippen molar-refractivity contribution in [1.82, 2.24) is 4.98 Å². The van der Waals surface area contributed by atoms with Gasteiger partial charge < -0.3 is 0 Å². The van der Waals surface area contributed by atoms with Crippen molar-refractivity contribution >= 4 is 11.9 Å². The van der Waals surface area contributed by atoms with Gasteiger partial charge in [0, 0.05) is 17.3 Å². The molecule has 0 amide bonds. The summed E-state index contributed by atoms with van der Waals surface area (Å²) in [5.41, 5.74) is -0.216. The zero-order valence-electron chi connectivity index (χ0n) is 22.3. The number of benzene rings is 4. The molecule has 2 nitrogen and oxygen atoms in total. The van der Waals surface area contributed by atoms with Crippen molar-refractivity contribution in [1.29, 1.82) is 0 Å². The SMILES string of the molecule is FC(F)(F)c1ccc(-c2cc(-c3ccc(C(F)(F)F)cc3)c(/N=C/c3ccccn3)c(-c3ccc(C(F)(F)F)cc3)c2)cc1. The van der Waals surface area contributed by atoms with Crippen LogP contribution in [0.1, 0.15) is 22.4 Å². The predicted molar refractivity (Wildman–Crippen MR) is 149 cm³/mol. The quantitative estimate of drug-likeness (QED) is 0.143. The summed E-state index contributed by atoms with van der Waals surface area (Å²) in [5, 5.41) is 0. The molecule has 1 heterocycles. The number of aromatic nitrogens is 1. The maximum atomic E-state index is 13.3. The van der Waals surface area contributed by atoms with E-state index in [2.05, 4.69) is 9.98 Å². The fourth-order valence-electron chi connectivity index (χ4n) is 4.49. The summed E-state index contributed by atoms with van der Waals surface area (Å²) in [5.74, 6) is 0. The normalized spacial score (nSPS) is 12.6. The number of aliphatic imine (C=N–C) groups is 1. The van der Waals surface area contributed by atoms with Gasteiger partial charge in [-0.05, 0) is 82.9 Å². The average molecular weight is 615 g/mol. The number of pyridine rings is 1. The number of hydrogen-bond donors (Lipinski definition) is 0. The Morgan fingerprint density at radius 1 is 0.477 bits per heavy atom. The molecule has 0 bridgehead atoms. The topological polar surface area (TPSA) is 25.2 Å². The van der Waals surface area contributed by atoms with Crippen LogP contribution >= 0.6 is 0 Å². The zero-order chi connectivity index (χ0) is 31.7. The van der Waals surface area contributed by atoms with Gasteiger partial charge in [0.1, 0.15) is 0 Å². The van der Waals surface area contributed by atoms with Gasteiger partial charge in [0.15, 0.2) is 0 Å². The minimum Gasteiger partial charge on any atom is -0.255 e. The van der Waals surface area contributed by atoms with E-state index in [-0.39, 0.29) is 16.8 Å². The predicted octanol–water partition coefficient (Wildman–Crippen LogP) is 10.9. The molecule has 0 aliphatic carbocycles. The summed E-state index contributed by atoms with van der Waals surface area (Å²) in [7, 11) is 0. The van der Waals surface area contributed by atoms with Crippen molar-refractivity contribution in [3.63, 3.8) is 0 Å². The summed E-state index contributed by atoms with van der Waals surface area (Å²) in [6, 6.07) is 20.8. The smallest absolute Gasteiger partial charge is 0.255 e. The lowest BCUT2D eigenvalue weighted by Gasteiger charge is -2.17. The van der Waals surface area contributed by atoms with E-state index in [9.17, 15) is 39.5 Å². The number of nitrogens with zero attached hydrogens (tertiary/aromatic N) is 2. The van der Waals surface area contributed by atoms with Crippen LogP contribution in [-0.2, 0) is 18.5 Å². The molecule has 1 aromatic heterocycles. The van der Waals surface area contributed by atoms with Gasteiger partial charge >= 0.3 is 18.5 Å². The van der Waals surface area contributed by atoms with Crippen LogP contribution in [0.5, 0.6) is 0 Å². The van der Waals surface area contributed by atoms with Crippen molar-refractivity contribution in [2.45, 2.75) is 18.5 Å². The molecule has 5 rings (SSSR count). The van der Waals surface area contributed by atoms with Crippen molar-refractivity contribution < 1.29 is 39.5 Å². The van der Waals surface area contributed by atoms with Crippen LogP contribution in [0.15, 0.2) is 114 Å². The van der Waals surface area contributed by atoms with Crippen molar-refractivity contribution in [2.24, 2.45) is 4.99 Å². The molecule has 0 N–H and O–H groups in total. The van der Waals surface area contributed by atoms with E-state index in [1.807, 2.05) is 0 Å². The first-order valence-electron chi connectivity index (χ1n) is 12.9. The van der Waals surface area contributed by atoms with Gasteiger partial charge in [-0.3, -0.25) is 9.98 Å². The molecule has 5 aromatic rings. The van der Waals surface area contributed by atoms with Crippen LogP contribution in [0.4, 0.5) is 45.2 Å². The monoisotopic (exact) mass is 614 g/mol. The molecule has 0 atom stereocenters. The zero-order valence-corrected chi connectivity index (χ0v) is 22.3. The molecule has 11 heteroatoms. The highest BCUT2D eigenvalue weighted by Gasteiger charge is 2.32. The second-order valence-electron chi connectivity index (χ2n) is 9.66. The molecular weight excluding hydrogens is 595 g/mol. The fourth-order valence-corrected chi connectivity index (χ4v) is 4.49.